The first-order chi connectivity index (χ1) is 13.0. The van der Waals surface area contributed by atoms with Gasteiger partial charge in [0.15, 0.2) is 11.6 Å². The van der Waals surface area contributed by atoms with Crippen LogP contribution in [0.25, 0.3) is 21.8 Å². The lowest BCUT2D eigenvalue weighted by molar-refractivity contribution is 0.0555. The van der Waals surface area contributed by atoms with Crippen LogP contribution in [0.4, 0.5) is 0 Å². The average Bonchev–Trinajstić information content (AvgIpc) is 3.07. The number of ketones is 2. The van der Waals surface area contributed by atoms with Crippen LogP contribution in [0.5, 0.6) is 0 Å². The lowest BCUT2D eigenvalue weighted by atomic mass is 9.84. The average molecular weight is 363 g/mol. The van der Waals surface area contributed by atoms with E-state index in [1.807, 2.05) is 0 Å². The monoisotopic (exact) mass is 363 g/mol. The van der Waals surface area contributed by atoms with Crippen molar-refractivity contribution in [1.82, 2.24) is 4.98 Å². The van der Waals surface area contributed by atoms with Crippen molar-refractivity contribution in [2.24, 2.45) is 0 Å². The van der Waals surface area contributed by atoms with Crippen LogP contribution in [0, 0.1) is 0 Å². The van der Waals surface area contributed by atoms with Gasteiger partial charge in [-0.25, -0.2) is 9.59 Å². The molecular weight excluding hydrogens is 350 g/mol. The van der Waals surface area contributed by atoms with Crippen LogP contribution < -0.4 is 0 Å². The Hall–Kier alpha value is -3.74. The lowest BCUT2D eigenvalue weighted by Gasteiger charge is -2.18. The Labute approximate surface area is 152 Å². The van der Waals surface area contributed by atoms with Gasteiger partial charge in [-0.2, -0.15) is 0 Å². The highest BCUT2D eigenvalue weighted by atomic mass is 16.5. The van der Waals surface area contributed by atoms with Gasteiger partial charge in [-0.3, -0.25) is 9.59 Å². The second kappa shape index (κ2) is 5.91. The molecule has 3 aromatic rings. The number of rotatable bonds is 2. The Morgan fingerprint density at radius 1 is 0.852 bits per heavy atom. The molecule has 0 radical (unpaired) electrons. The molecule has 0 amide bonds. The van der Waals surface area contributed by atoms with E-state index in [1.165, 1.54) is 7.11 Å². The summed E-state index contributed by atoms with van der Waals surface area (Å²) in [5.41, 5.74) is 0.414. The number of esters is 2. The molecule has 2 aromatic carbocycles. The predicted molar refractivity (Wildman–Crippen MR) is 96.3 cm³/mol. The zero-order valence-electron chi connectivity index (χ0n) is 14.4. The number of aromatic nitrogens is 1. The third-order valence-electron chi connectivity index (χ3n) is 4.61. The highest BCUT2D eigenvalue weighted by Gasteiger charge is 2.36. The van der Waals surface area contributed by atoms with Crippen molar-refractivity contribution in [1.29, 1.82) is 0 Å². The number of aromatic amines is 1. The van der Waals surface area contributed by atoms with Crippen LogP contribution in [0.1, 0.15) is 41.4 Å². The second-order valence-corrected chi connectivity index (χ2v) is 5.97. The van der Waals surface area contributed by atoms with Gasteiger partial charge in [-0.05, 0) is 18.2 Å². The van der Waals surface area contributed by atoms with Gasteiger partial charge in [0.1, 0.15) is 0 Å². The number of allylic oxidation sites excluding steroid dienone is 2. The molecule has 1 heterocycles. The Bertz CT molecular complexity index is 1210. The first-order valence-electron chi connectivity index (χ1n) is 8.03. The molecule has 4 rings (SSSR count). The van der Waals surface area contributed by atoms with Gasteiger partial charge in [-0.1, -0.05) is 18.2 Å². The summed E-state index contributed by atoms with van der Waals surface area (Å²) in [6, 6.07) is 7.10. The van der Waals surface area contributed by atoms with E-state index in [2.05, 4.69) is 4.98 Å². The van der Waals surface area contributed by atoms with Crippen molar-refractivity contribution < 1.29 is 28.7 Å². The van der Waals surface area contributed by atoms with Crippen LogP contribution in [0.2, 0.25) is 0 Å². The number of benzene rings is 2. The van der Waals surface area contributed by atoms with Gasteiger partial charge in [0.05, 0.1) is 30.9 Å². The number of para-hydroxylation sites is 1. The van der Waals surface area contributed by atoms with Gasteiger partial charge < -0.3 is 14.5 Å². The minimum absolute atomic E-state index is 0.0722. The molecule has 7 heteroatoms. The third-order valence-corrected chi connectivity index (χ3v) is 4.61. The topological polar surface area (TPSA) is 103 Å². The highest BCUT2D eigenvalue weighted by molar-refractivity contribution is 6.35. The molecule has 134 valence electrons. The minimum atomic E-state index is -0.899. The summed E-state index contributed by atoms with van der Waals surface area (Å²) in [4.78, 5) is 53.4. The molecule has 0 saturated carbocycles. The number of ether oxygens (including phenoxy) is 2. The van der Waals surface area contributed by atoms with Crippen LogP contribution >= 0.6 is 0 Å². The summed E-state index contributed by atoms with van der Waals surface area (Å²) in [6.07, 6.45) is 2.24. The Kier molecular flexibility index (Phi) is 3.66. The van der Waals surface area contributed by atoms with Crippen molar-refractivity contribution in [3.8, 4) is 0 Å². The maximum absolute atomic E-state index is 12.7. The van der Waals surface area contributed by atoms with E-state index in [1.54, 1.807) is 24.3 Å². The Balaban J connectivity index is 2.35. The van der Waals surface area contributed by atoms with Gasteiger partial charge >= 0.3 is 11.9 Å². The SMILES string of the molecule is COC(=O)c1c2c(c3c([nH]c4ccccc43)c1C(=O)OC)C(=O)C=CC2=O. The fourth-order valence-electron chi connectivity index (χ4n) is 3.51. The van der Waals surface area contributed by atoms with Gasteiger partial charge in [-0.15, -0.1) is 0 Å². The molecule has 0 fully saturated rings. The van der Waals surface area contributed by atoms with E-state index in [0.29, 0.717) is 16.3 Å². The van der Waals surface area contributed by atoms with E-state index in [9.17, 15) is 19.2 Å². The van der Waals surface area contributed by atoms with Crippen molar-refractivity contribution in [2.45, 2.75) is 0 Å². The molecular formula is C20H13NO6. The van der Waals surface area contributed by atoms with Gasteiger partial charge in [0.2, 0.25) is 0 Å². The normalized spacial score (nSPS) is 13.1. The minimum Gasteiger partial charge on any atom is -0.465 e. The molecule has 1 aromatic heterocycles. The van der Waals surface area contributed by atoms with Crippen molar-refractivity contribution >= 4 is 45.3 Å². The smallest absolute Gasteiger partial charge is 0.340 e. The summed E-state index contributed by atoms with van der Waals surface area (Å²) in [5.74, 6) is -2.70. The summed E-state index contributed by atoms with van der Waals surface area (Å²) in [6.45, 7) is 0. The fraction of sp³-hybridized carbons (Fsp3) is 0.100. The zero-order chi connectivity index (χ0) is 19.3. The largest absolute Gasteiger partial charge is 0.465 e. The molecule has 1 aliphatic rings. The van der Waals surface area contributed by atoms with Crippen molar-refractivity contribution in [2.75, 3.05) is 14.2 Å². The van der Waals surface area contributed by atoms with E-state index < -0.39 is 23.5 Å². The number of methoxy groups -OCH3 is 2. The third kappa shape index (κ3) is 2.21. The summed E-state index contributed by atoms with van der Waals surface area (Å²) >= 11 is 0. The molecule has 0 saturated heterocycles. The highest BCUT2D eigenvalue weighted by Crippen LogP contribution is 2.38. The number of carbonyl (C=O) groups excluding carboxylic acids is 4. The molecule has 1 N–H and O–H groups in total. The van der Waals surface area contributed by atoms with E-state index in [4.69, 9.17) is 9.47 Å². The molecule has 0 aliphatic heterocycles. The molecule has 27 heavy (non-hydrogen) atoms. The van der Waals surface area contributed by atoms with Crippen LogP contribution in [-0.2, 0) is 9.47 Å². The number of fused-ring (bicyclic) bond motifs is 5. The molecule has 7 nitrogen and oxygen atoms in total. The summed E-state index contributed by atoms with van der Waals surface area (Å²) in [5, 5.41) is 1.05. The molecule has 0 unspecified atom stereocenters. The van der Waals surface area contributed by atoms with E-state index in [-0.39, 0.29) is 27.8 Å². The maximum Gasteiger partial charge on any atom is 0.340 e. The quantitative estimate of drug-likeness (QED) is 0.703. The molecule has 1 aliphatic carbocycles. The Morgan fingerprint density at radius 3 is 2.11 bits per heavy atom. The number of H-pyrrole nitrogens is 1. The first kappa shape index (κ1) is 16.7. The molecule has 0 spiro atoms. The lowest BCUT2D eigenvalue weighted by Crippen LogP contribution is -2.23. The van der Waals surface area contributed by atoms with E-state index in [0.717, 1.165) is 19.3 Å². The number of hydrogen-bond acceptors (Lipinski definition) is 6. The van der Waals surface area contributed by atoms with Crippen LogP contribution in [0.15, 0.2) is 36.4 Å². The summed E-state index contributed by atoms with van der Waals surface area (Å²) in [7, 11) is 2.31. The molecule has 0 atom stereocenters. The Morgan fingerprint density at radius 2 is 1.44 bits per heavy atom. The molecule has 0 bridgehead atoms. The van der Waals surface area contributed by atoms with Crippen molar-refractivity contribution in [3.05, 3.63) is 58.7 Å². The number of hydrogen-bond donors (Lipinski definition) is 1. The van der Waals surface area contributed by atoms with Gasteiger partial charge in [0.25, 0.3) is 0 Å². The number of nitrogens with one attached hydrogen (secondary N) is 1. The van der Waals surface area contributed by atoms with Crippen molar-refractivity contribution in [3.63, 3.8) is 0 Å². The summed E-state index contributed by atoms with van der Waals surface area (Å²) < 4.78 is 9.64. The predicted octanol–water partition coefficient (Wildman–Crippen LogP) is 2.83. The van der Waals surface area contributed by atoms with Gasteiger partial charge in [0, 0.05) is 27.4 Å². The van der Waals surface area contributed by atoms with Crippen LogP contribution in [0.3, 0.4) is 0 Å². The number of carbonyl (C=O) groups is 4. The zero-order valence-corrected chi connectivity index (χ0v) is 14.4. The first-order valence-corrected chi connectivity index (χ1v) is 8.03. The maximum atomic E-state index is 12.7. The van der Waals surface area contributed by atoms with Crippen LogP contribution in [-0.4, -0.2) is 42.7 Å². The second-order valence-electron chi connectivity index (χ2n) is 5.97. The fourth-order valence-corrected chi connectivity index (χ4v) is 3.51. The standard InChI is InChI=1S/C20H13NO6/c1-26-19(24)16-15-12(23)8-7-11(22)14(15)13-9-5-3-4-6-10(9)21-18(13)17(16)20(25)27-2/h3-8,21H,1-2H3. The van der Waals surface area contributed by atoms with E-state index >= 15 is 0 Å².